The average molecular weight is 783 g/mol. The number of hydrogen-bond donors (Lipinski definition) is 0. The highest BCUT2D eigenvalue weighted by molar-refractivity contribution is 14.1. The summed E-state index contributed by atoms with van der Waals surface area (Å²) >= 11 is 3.41. The first-order chi connectivity index (χ1) is 23.2. The molecule has 12 heteroatoms. The van der Waals surface area contributed by atoms with Crippen LogP contribution >= 0.6 is 33.9 Å². The van der Waals surface area contributed by atoms with E-state index < -0.39 is 12.0 Å². The monoisotopic (exact) mass is 782 g/mol. The predicted molar refractivity (Wildman–Crippen MR) is 190 cm³/mol. The number of halogens is 1. The number of thiazole rings is 1. The zero-order chi connectivity index (χ0) is 34.4. The summed E-state index contributed by atoms with van der Waals surface area (Å²) in [5, 5.41) is 0. The summed E-state index contributed by atoms with van der Waals surface area (Å²) in [6, 6.07) is 17.3. The van der Waals surface area contributed by atoms with Crippen molar-refractivity contribution in [3.63, 3.8) is 0 Å². The highest BCUT2D eigenvalue weighted by atomic mass is 127. The molecule has 0 spiro atoms. The minimum absolute atomic E-state index is 0.183. The van der Waals surface area contributed by atoms with Crippen LogP contribution in [0.5, 0.6) is 17.2 Å². The van der Waals surface area contributed by atoms with E-state index in [9.17, 15) is 14.4 Å². The molecule has 0 fully saturated rings. The van der Waals surface area contributed by atoms with Crippen LogP contribution in [0.4, 0.5) is 0 Å². The standard InChI is InChI=1S/C36H35IN2O8S/c1-6-44-27-15-13-23(14-16-27)31-30(35(42)46-8-3)21(4)38-36-39(31)33(40)29(48-36)18-25-17-26(37)19-28(43-5)32(25)47-20-22-9-11-24(12-10-22)34(41)45-7-2/h9-19,31H,6-8,20H2,1-5H3/b29-18-/t31-/m0/s1. The van der Waals surface area contributed by atoms with Crippen molar-refractivity contribution in [2.45, 2.75) is 40.3 Å². The number of methoxy groups -OCH3 is 1. The zero-order valence-electron chi connectivity index (χ0n) is 27.2. The predicted octanol–water partition coefficient (Wildman–Crippen LogP) is 5.57. The fourth-order valence-corrected chi connectivity index (χ4v) is 6.93. The number of nitrogens with zero attached hydrogens (tertiary/aromatic N) is 2. The highest BCUT2D eigenvalue weighted by Gasteiger charge is 2.33. The van der Waals surface area contributed by atoms with E-state index in [0.29, 0.717) is 62.2 Å². The van der Waals surface area contributed by atoms with E-state index in [1.807, 2.05) is 43.3 Å². The maximum Gasteiger partial charge on any atom is 0.338 e. The molecule has 48 heavy (non-hydrogen) atoms. The molecule has 2 heterocycles. The number of fused-ring (bicyclic) bond motifs is 1. The van der Waals surface area contributed by atoms with Gasteiger partial charge in [-0.25, -0.2) is 14.6 Å². The molecule has 0 amide bonds. The van der Waals surface area contributed by atoms with Crippen LogP contribution in [0.1, 0.15) is 60.8 Å². The van der Waals surface area contributed by atoms with Crippen LogP contribution in [0, 0.1) is 3.57 Å². The summed E-state index contributed by atoms with van der Waals surface area (Å²) in [6.07, 6.45) is 1.76. The number of carbonyl (C=O) groups excluding carboxylic acids is 2. The molecule has 0 aliphatic carbocycles. The lowest BCUT2D eigenvalue weighted by Crippen LogP contribution is -2.39. The van der Waals surface area contributed by atoms with Crippen molar-refractivity contribution in [3.8, 4) is 17.2 Å². The molecule has 10 nitrogen and oxygen atoms in total. The van der Waals surface area contributed by atoms with Crippen LogP contribution in [0.2, 0.25) is 0 Å². The van der Waals surface area contributed by atoms with E-state index in [4.69, 9.17) is 23.7 Å². The molecule has 3 aromatic carbocycles. The van der Waals surface area contributed by atoms with E-state index >= 15 is 0 Å². The van der Waals surface area contributed by atoms with Crippen molar-refractivity contribution in [2.75, 3.05) is 26.9 Å². The van der Waals surface area contributed by atoms with Gasteiger partial charge in [-0.15, -0.1) is 0 Å². The minimum atomic E-state index is -0.753. The van der Waals surface area contributed by atoms with Gasteiger partial charge >= 0.3 is 11.9 Å². The third-order valence-corrected chi connectivity index (χ3v) is 9.03. The minimum Gasteiger partial charge on any atom is -0.494 e. The van der Waals surface area contributed by atoms with E-state index in [0.717, 1.165) is 14.7 Å². The third kappa shape index (κ3) is 7.49. The second-order valence-electron chi connectivity index (χ2n) is 10.5. The summed E-state index contributed by atoms with van der Waals surface area (Å²) < 4.78 is 30.9. The Hall–Kier alpha value is -4.43. The number of hydrogen-bond acceptors (Lipinski definition) is 10. The summed E-state index contributed by atoms with van der Waals surface area (Å²) in [5.74, 6) is 0.714. The van der Waals surface area contributed by atoms with Gasteiger partial charge in [0.2, 0.25) is 0 Å². The first kappa shape index (κ1) is 34.9. The van der Waals surface area contributed by atoms with Crippen molar-refractivity contribution in [1.82, 2.24) is 4.57 Å². The van der Waals surface area contributed by atoms with Gasteiger partial charge in [-0.1, -0.05) is 35.6 Å². The molecule has 1 aliphatic heterocycles. The van der Waals surface area contributed by atoms with Crippen LogP contribution in [0.3, 0.4) is 0 Å². The lowest BCUT2D eigenvalue weighted by molar-refractivity contribution is -0.139. The lowest BCUT2D eigenvalue weighted by atomic mass is 9.96. The molecular formula is C36H35IN2O8S. The van der Waals surface area contributed by atoms with E-state index in [2.05, 4.69) is 27.6 Å². The van der Waals surface area contributed by atoms with E-state index in [1.165, 1.54) is 11.3 Å². The highest BCUT2D eigenvalue weighted by Crippen LogP contribution is 2.35. The Bertz CT molecular complexity index is 2030. The molecule has 0 N–H and O–H groups in total. The van der Waals surface area contributed by atoms with E-state index in [1.54, 1.807) is 62.8 Å². The van der Waals surface area contributed by atoms with Crippen molar-refractivity contribution in [1.29, 1.82) is 0 Å². The van der Waals surface area contributed by atoms with Crippen LogP contribution < -0.4 is 29.1 Å². The molecule has 0 radical (unpaired) electrons. The van der Waals surface area contributed by atoms with E-state index in [-0.39, 0.29) is 24.7 Å². The summed E-state index contributed by atoms with van der Waals surface area (Å²) in [6.45, 7) is 8.33. The molecular weight excluding hydrogens is 747 g/mol. The molecule has 1 aliphatic rings. The number of carbonyl (C=O) groups is 2. The van der Waals surface area contributed by atoms with Crippen molar-refractivity contribution < 1.29 is 33.3 Å². The Morgan fingerprint density at radius 2 is 1.62 bits per heavy atom. The van der Waals surface area contributed by atoms with Gasteiger partial charge < -0.3 is 23.7 Å². The van der Waals surface area contributed by atoms with Gasteiger partial charge in [0.15, 0.2) is 16.3 Å². The molecule has 0 saturated heterocycles. The fourth-order valence-electron chi connectivity index (χ4n) is 5.27. The number of aromatic nitrogens is 1. The number of allylic oxidation sites excluding steroid dienone is 1. The maximum absolute atomic E-state index is 14.2. The quantitative estimate of drug-likeness (QED) is 0.136. The molecule has 250 valence electrons. The Labute approximate surface area is 295 Å². The molecule has 1 atom stereocenters. The van der Waals surface area contributed by atoms with Crippen LogP contribution in [0.15, 0.2) is 81.7 Å². The van der Waals surface area contributed by atoms with Crippen LogP contribution in [-0.2, 0) is 20.9 Å². The molecule has 0 bridgehead atoms. The second kappa shape index (κ2) is 15.6. The largest absolute Gasteiger partial charge is 0.494 e. The van der Waals surface area contributed by atoms with Gasteiger partial charge in [0.05, 0.1) is 54.3 Å². The number of benzene rings is 3. The Balaban J connectivity index is 1.58. The van der Waals surface area contributed by atoms with Gasteiger partial charge in [-0.05, 0) is 104 Å². The summed E-state index contributed by atoms with van der Waals surface area (Å²) in [5.41, 5.74) is 3.09. The Morgan fingerprint density at radius 3 is 2.27 bits per heavy atom. The van der Waals surface area contributed by atoms with Gasteiger partial charge in [-0.2, -0.15) is 0 Å². The maximum atomic E-state index is 14.2. The number of esters is 2. The molecule has 1 aromatic heterocycles. The molecule has 4 aromatic rings. The number of ether oxygens (including phenoxy) is 5. The zero-order valence-corrected chi connectivity index (χ0v) is 30.2. The summed E-state index contributed by atoms with van der Waals surface area (Å²) in [4.78, 5) is 44.7. The first-order valence-electron chi connectivity index (χ1n) is 15.4. The average Bonchev–Trinajstić information content (AvgIpc) is 3.37. The van der Waals surface area contributed by atoms with Crippen molar-refractivity contribution in [2.24, 2.45) is 4.99 Å². The van der Waals surface area contributed by atoms with Crippen LogP contribution in [0.25, 0.3) is 6.08 Å². The molecule has 0 saturated carbocycles. The second-order valence-corrected chi connectivity index (χ2v) is 12.8. The van der Waals surface area contributed by atoms with Crippen molar-refractivity contribution in [3.05, 3.63) is 117 Å². The molecule has 5 rings (SSSR count). The third-order valence-electron chi connectivity index (χ3n) is 7.43. The Kier molecular flexibility index (Phi) is 11.4. The van der Waals surface area contributed by atoms with Crippen molar-refractivity contribution >= 4 is 51.9 Å². The number of rotatable bonds is 12. The molecule has 0 unspecified atom stereocenters. The van der Waals surface area contributed by atoms with Gasteiger partial charge in [0.1, 0.15) is 12.4 Å². The first-order valence-corrected chi connectivity index (χ1v) is 17.3. The lowest BCUT2D eigenvalue weighted by Gasteiger charge is -2.24. The van der Waals surface area contributed by atoms with Crippen LogP contribution in [-0.4, -0.2) is 43.4 Å². The topological polar surface area (TPSA) is 115 Å². The fraction of sp³-hybridized carbons (Fsp3) is 0.278. The Morgan fingerprint density at radius 1 is 0.938 bits per heavy atom. The smallest absolute Gasteiger partial charge is 0.338 e. The normalized spacial score (nSPS) is 14.2. The SMILES string of the molecule is CCOC(=O)C1=C(C)N=c2s/c(=C\c3cc(I)cc(OC)c3OCc3ccc(C(=O)OCC)cc3)c(=O)n2[C@H]1c1ccc(OCC)cc1. The summed E-state index contributed by atoms with van der Waals surface area (Å²) in [7, 11) is 1.56. The van der Waals surface area contributed by atoms with Gasteiger partial charge in [-0.3, -0.25) is 9.36 Å². The van der Waals surface area contributed by atoms with Gasteiger partial charge in [0, 0.05) is 9.13 Å². The van der Waals surface area contributed by atoms with Gasteiger partial charge in [0.25, 0.3) is 5.56 Å².